The largest absolute Gasteiger partial charge is 0.500 e. The highest BCUT2D eigenvalue weighted by Gasteiger charge is 2.20. The molecule has 0 aliphatic carbocycles. The minimum absolute atomic E-state index is 0.116. The molecule has 1 N–H and O–H groups in total. The number of nitro groups is 1. The Morgan fingerprint density at radius 2 is 1.83 bits per heavy atom. The van der Waals surface area contributed by atoms with Crippen LogP contribution < -0.4 is 4.74 Å². The molecule has 6 nitrogen and oxygen atoms in total. The van der Waals surface area contributed by atoms with Crippen molar-refractivity contribution in [1.82, 2.24) is 4.90 Å². The number of hydrogen-bond donors (Lipinski definition) is 1. The maximum atomic E-state index is 11.1. The monoisotopic (exact) mass is 316 g/mol. The van der Waals surface area contributed by atoms with Gasteiger partial charge in [-0.25, -0.2) is 0 Å². The second-order valence-electron chi connectivity index (χ2n) is 5.21. The van der Waals surface area contributed by atoms with Crippen molar-refractivity contribution in [2.75, 3.05) is 13.7 Å². The second kappa shape index (κ2) is 7.60. The Kier molecular flexibility index (Phi) is 5.54. The lowest BCUT2D eigenvalue weighted by Crippen LogP contribution is -2.22. The Morgan fingerprint density at radius 1 is 1.17 bits per heavy atom. The molecular weight excluding hydrogens is 296 g/mol. The molecule has 122 valence electrons. The number of nitrogens with zero attached hydrogens (tertiary/aromatic N) is 2. The lowest BCUT2D eigenvalue weighted by molar-refractivity contribution is -0.386. The van der Waals surface area contributed by atoms with Crippen molar-refractivity contribution < 1.29 is 14.8 Å². The molecule has 0 heterocycles. The second-order valence-corrected chi connectivity index (χ2v) is 5.21. The molecule has 2 aromatic carbocycles. The minimum Gasteiger partial charge on any atom is -0.500 e. The first-order chi connectivity index (χ1) is 11.0. The number of phenolic OH excluding ortho intramolecular Hbond substituents is 1. The van der Waals surface area contributed by atoms with Gasteiger partial charge in [-0.2, -0.15) is 0 Å². The lowest BCUT2D eigenvalue weighted by atomic mass is 10.1. The fourth-order valence-corrected chi connectivity index (χ4v) is 2.41. The fraction of sp³-hybridized carbons (Fsp3) is 0.294. The third kappa shape index (κ3) is 4.20. The van der Waals surface area contributed by atoms with Crippen molar-refractivity contribution in [2.24, 2.45) is 0 Å². The summed E-state index contributed by atoms with van der Waals surface area (Å²) in [6.07, 6.45) is 0. The first-order valence-corrected chi connectivity index (χ1v) is 7.35. The number of methoxy groups -OCH3 is 1. The Morgan fingerprint density at radius 3 is 2.39 bits per heavy atom. The van der Waals surface area contributed by atoms with Gasteiger partial charge in [-0.3, -0.25) is 15.0 Å². The first-order valence-electron chi connectivity index (χ1n) is 7.35. The van der Waals surface area contributed by atoms with Gasteiger partial charge in [0.2, 0.25) is 5.75 Å². The van der Waals surface area contributed by atoms with Crippen molar-refractivity contribution in [3.63, 3.8) is 0 Å². The summed E-state index contributed by atoms with van der Waals surface area (Å²) < 4.78 is 5.04. The van der Waals surface area contributed by atoms with Crippen LogP contribution >= 0.6 is 0 Å². The van der Waals surface area contributed by atoms with E-state index in [1.165, 1.54) is 18.7 Å². The molecule has 0 fully saturated rings. The molecule has 0 unspecified atom stereocenters. The average molecular weight is 316 g/mol. The van der Waals surface area contributed by atoms with Gasteiger partial charge in [0.15, 0.2) is 5.75 Å². The molecule has 0 bridgehead atoms. The van der Waals surface area contributed by atoms with Crippen molar-refractivity contribution in [1.29, 1.82) is 0 Å². The van der Waals surface area contributed by atoms with Crippen LogP contribution in [0.1, 0.15) is 18.1 Å². The van der Waals surface area contributed by atoms with E-state index in [1.54, 1.807) is 6.07 Å². The van der Waals surface area contributed by atoms with E-state index in [-0.39, 0.29) is 11.4 Å². The van der Waals surface area contributed by atoms with Crippen LogP contribution in [0.4, 0.5) is 5.69 Å². The average Bonchev–Trinajstić information content (AvgIpc) is 2.56. The third-order valence-electron chi connectivity index (χ3n) is 3.63. The van der Waals surface area contributed by atoms with Gasteiger partial charge in [0, 0.05) is 19.2 Å². The quantitative estimate of drug-likeness (QED) is 0.626. The summed E-state index contributed by atoms with van der Waals surface area (Å²) >= 11 is 0. The van der Waals surface area contributed by atoms with Gasteiger partial charge < -0.3 is 9.84 Å². The summed E-state index contributed by atoms with van der Waals surface area (Å²) in [5.74, 6) is -0.322. The summed E-state index contributed by atoms with van der Waals surface area (Å²) in [5.41, 5.74) is 1.56. The van der Waals surface area contributed by atoms with Crippen LogP contribution in [0.5, 0.6) is 11.5 Å². The van der Waals surface area contributed by atoms with Crippen LogP contribution in [-0.4, -0.2) is 28.6 Å². The zero-order valence-corrected chi connectivity index (χ0v) is 13.2. The Balaban J connectivity index is 2.23. The molecule has 0 atom stereocenters. The van der Waals surface area contributed by atoms with Crippen LogP contribution in [0, 0.1) is 10.1 Å². The maximum Gasteiger partial charge on any atom is 0.314 e. The summed E-state index contributed by atoms with van der Waals surface area (Å²) in [7, 11) is 1.38. The predicted octanol–water partition coefficient (Wildman–Crippen LogP) is 3.33. The summed E-state index contributed by atoms with van der Waals surface area (Å²) in [5, 5.41) is 20.9. The van der Waals surface area contributed by atoms with Gasteiger partial charge in [0.1, 0.15) is 0 Å². The number of nitro benzene ring substituents is 1. The summed E-state index contributed by atoms with van der Waals surface area (Å²) in [6, 6.07) is 13.1. The van der Waals surface area contributed by atoms with Crippen LogP contribution in [-0.2, 0) is 13.1 Å². The van der Waals surface area contributed by atoms with Crippen LogP contribution in [0.15, 0.2) is 42.5 Å². The number of aromatic hydroxyl groups is 1. The van der Waals surface area contributed by atoms with Gasteiger partial charge in [-0.15, -0.1) is 0 Å². The van der Waals surface area contributed by atoms with E-state index in [0.29, 0.717) is 6.54 Å². The highest BCUT2D eigenvalue weighted by atomic mass is 16.6. The minimum atomic E-state index is -0.602. The lowest BCUT2D eigenvalue weighted by Gasteiger charge is -2.21. The summed E-state index contributed by atoms with van der Waals surface area (Å²) in [4.78, 5) is 12.6. The van der Waals surface area contributed by atoms with Crippen LogP contribution in [0.25, 0.3) is 0 Å². The van der Waals surface area contributed by atoms with Crippen molar-refractivity contribution in [2.45, 2.75) is 20.0 Å². The standard InChI is InChI=1S/C17H20N2O4/c1-3-18(11-13-7-5-4-6-8-13)12-14-9-15(19(21)22)17(20)16(10-14)23-2/h4-10,20H,3,11-12H2,1-2H3. The molecule has 6 heteroatoms. The first kappa shape index (κ1) is 16.8. The van der Waals surface area contributed by atoms with Crippen molar-refractivity contribution >= 4 is 5.69 Å². The molecule has 0 aliphatic heterocycles. The van der Waals surface area contributed by atoms with E-state index in [2.05, 4.69) is 4.90 Å². The zero-order valence-electron chi connectivity index (χ0n) is 13.2. The van der Waals surface area contributed by atoms with Gasteiger partial charge in [-0.1, -0.05) is 37.3 Å². The van der Waals surface area contributed by atoms with Crippen LogP contribution in [0.2, 0.25) is 0 Å². The molecular formula is C17H20N2O4. The van der Waals surface area contributed by atoms with Gasteiger partial charge in [-0.05, 0) is 23.7 Å². The molecule has 0 saturated heterocycles. The number of hydrogen-bond acceptors (Lipinski definition) is 5. The molecule has 0 aliphatic rings. The highest BCUT2D eigenvalue weighted by Crippen LogP contribution is 2.37. The molecule has 0 saturated carbocycles. The van der Waals surface area contributed by atoms with E-state index < -0.39 is 10.7 Å². The van der Waals surface area contributed by atoms with Gasteiger partial charge in [0.05, 0.1) is 12.0 Å². The Bertz CT molecular complexity index is 674. The van der Waals surface area contributed by atoms with E-state index in [1.807, 2.05) is 37.3 Å². The van der Waals surface area contributed by atoms with E-state index in [0.717, 1.165) is 18.7 Å². The smallest absolute Gasteiger partial charge is 0.314 e. The van der Waals surface area contributed by atoms with Crippen molar-refractivity contribution in [3.05, 3.63) is 63.7 Å². The normalized spacial score (nSPS) is 10.7. The topological polar surface area (TPSA) is 75.8 Å². The number of phenols is 1. The molecule has 2 aromatic rings. The number of benzene rings is 2. The number of ether oxygens (including phenoxy) is 1. The molecule has 0 amide bonds. The van der Waals surface area contributed by atoms with Crippen LogP contribution in [0.3, 0.4) is 0 Å². The Hall–Kier alpha value is -2.60. The molecule has 2 rings (SSSR count). The van der Waals surface area contributed by atoms with Crippen molar-refractivity contribution in [3.8, 4) is 11.5 Å². The SMILES string of the molecule is CCN(Cc1ccccc1)Cc1cc(OC)c(O)c([N+](=O)[O-])c1. The highest BCUT2D eigenvalue weighted by molar-refractivity contribution is 5.57. The van der Waals surface area contributed by atoms with E-state index in [4.69, 9.17) is 4.74 Å². The summed E-state index contributed by atoms with van der Waals surface area (Å²) in [6.45, 7) is 4.11. The maximum absolute atomic E-state index is 11.1. The third-order valence-corrected chi connectivity index (χ3v) is 3.63. The van der Waals surface area contributed by atoms with E-state index in [9.17, 15) is 15.2 Å². The molecule has 0 radical (unpaired) electrons. The molecule has 0 aromatic heterocycles. The number of rotatable bonds is 7. The molecule has 0 spiro atoms. The Labute approximate surface area is 135 Å². The van der Waals surface area contributed by atoms with Gasteiger partial charge >= 0.3 is 5.69 Å². The fourth-order valence-electron chi connectivity index (χ4n) is 2.41. The molecule has 23 heavy (non-hydrogen) atoms. The van der Waals surface area contributed by atoms with Gasteiger partial charge in [0.25, 0.3) is 0 Å². The zero-order chi connectivity index (χ0) is 16.8. The van der Waals surface area contributed by atoms with E-state index >= 15 is 0 Å². The predicted molar refractivity (Wildman–Crippen MR) is 87.5 cm³/mol.